The first-order valence-corrected chi connectivity index (χ1v) is 6.55. The van der Waals surface area contributed by atoms with Gasteiger partial charge in [-0.3, -0.25) is 0 Å². The summed E-state index contributed by atoms with van der Waals surface area (Å²) in [5.74, 6) is 1.13. The Morgan fingerprint density at radius 1 is 1.50 bits per heavy atom. The topological polar surface area (TPSA) is 105 Å². The molecule has 7 nitrogen and oxygen atoms in total. The monoisotopic (exact) mass is 269 g/mol. The van der Waals surface area contributed by atoms with Gasteiger partial charge < -0.3 is 14.2 Å². The molecule has 1 aromatic carbocycles. The molecule has 0 aliphatic carbocycles. The van der Waals surface area contributed by atoms with Gasteiger partial charge in [0.2, 0.25) is 0 Å². The van der Waals surface area contributed by atoms with E-state index in [-0.39, 0.29) is 19.1 Å². The maximum atomic E-state index is 11.2. The molecule has 8 heteroatoms. The van der Waals surface area contributed by atoms with Crippen molar-refractivity contribution in [2.75, 3.05) is 6.73 Å². The zero-order valence-electron chi connectivity index (χ0n) is 9.47. The van der Waals surface area contributed by atoms with Gasteiger partial charge in [-0.1, -0.05) is 23.8 Å². The summed E-state index contributed by atoms with van der Waals surface area (Å²) in [6.45, 7) is 3.44. The second-order valence-electron chi connectivity index (χ2n) is 3.19. The van der Waals surface area contributed by atoms with Gasteiger partial charge in [0.25, 0.3) is 0 Å². The maximum absolute atomic E-state index is 11.2. The largest absolute Gasteiger partial charge is 0.422 e. The molecule has 0 saturated carbocycles. The summed E-state index contributed by atoms with van der Waals surface area (Å²) in [7, 11) is -3.76. The highest BCUT2D eigenvalue weighted by Crippen LogP contribution is 2.43. The molecule has 1 N–H and O–H groups in total. The number of hydrogen-bond acceptors (Lipinski definition) is 4. The van der Waals surface area contributed by atoms with Crippen molar-refractivity contribution in [1.29, 1.82) is 0 Å². The summed E-state index contributed by atoms with van der Waals surface area (Å²) in [6.07, 6.45) is 0. The Labute approximate surface area is 104 Å². The van der Waals surface area contributed by atoms with Gasteiger partial charge in [0.05, 0.1) is 6.61 Å². The smallest absolute Gasteiger partial charge is 0.400 e. The van der Waals surface area contributed by atoms with E-state index in [2.05, 4.69) is 16.6 Å². The van der Waals surface area contributed by atoms with Gasteiger partial charge in [-0.05, 0) is 23.2 Å². The fraction of sp³-hybridized carbons (Fsp3) is 0.200. The van der Waals surface area contributed by atoms with E-state index >= 15 is 0 Å². The normalized spacial score (nSPS) is 13.2. The van der Waals surface area contributed by atoms with E-state index in [0.717, 1.165) is 11.4 Å². The molecule has 0 bridgehead atoms. The van der Waals surface area contributed by atoms with E-state index in [1.54, 1.807) is 24.3 Å². The number of benzene rings is 1. The van der Waals surface area contributed by atoms with E-state index < -0.39 is 7.60 Å². The van der Waals surface area contributed by atoms with Gasteiger partial charge >= 0.3 is 7.60 Å². The molecule has 96 valence electrons. The van der Waals surface area contributed by atoms with E-state index in [9.17, 15) is 9.46 Å². The van der Waals surface area contributed by atoms with E-state index in [1.165, 1.54) is 0 Å². The van der Waals surface area contributed by atoms with Crippen molar-refractivity contribution < 1.29 is 18.7 Å². The molecule has 0 aliphatic heterocycles. The Balaban J connectivity index is 2.54. The number of azide groups is 1. The summed E-state index contributed by atoms with van der Waals surface area (Å²) in [5.41, 5.74) is 8.86. The summed E-state index contributed by atoms with van der Waals surface area (Å²) in [6, 6.07) is 6.43. The molecule has 1 unspecified atom stereocenters. The standard InChI is InChI=1S/C10H12N3O4P/c1-2-18(14,15)17-10-5-3-9(4-6-10)7-16-8-12-13-11/h2-6H,1,7-8H2,(H,14,15). The molecule has 1 aromatic rings. The first-order valence-electron chi connectivity index (χ1n) is 4.90. The van der Waals surface area contributed by atoms with Crippen LogP contribution in [0.15, 0.2) is 41.8 Å². The van der Waals surface area contributed by atoms with Crippen molar-refractivity contribution in [2.45, 2.75) is 6.61 Å². The minimum atomic E-state index is -3.76. The quantitative estimate of drug-likeness (QED) is 0.270. The van der Waals surface area contributed by atoms with E-state index in [0.29, 0.717) is 0 Å². The van der Waals surface area contributed by atoms with Crippen molar-refractivity contribution in [3.8, 4) is 5.75 Å². The minimum absolute atomic E-state index is 0.0446. The lowest BCUT2D eigenvalue weighted by atomic mass is 10.2. The predicted molar refractivity (Wildman–Crippen MR) is 65.9 cm³/mol. The molecule has 0 amide bonds. The number of hydrogen-bond donors (Lipinski definition) is 1. The predicted octanol–water partition coefficient (Wildman–Crippen LogP) is 3.18. The van der Waals surface area contributed by atoms with Gasteiger partial charge in [0.1, 0.15) is 12.5 Å². The molecule has 0 aliphatic rings. The number of rotatable bonds is 7. The molecular formula is C10H12N3O4P. The van der Waals surface area contributed by atoms with Gasteiger partial charge in [0.15, 0.2) is 0 Å². The lowest BCUT2D eigenvalue weighted by molar-refractivity contribution is 0.127. The van der Waals surface area contributed by atoms with Gasteiger partial charge in [0, 0.05) is 10.7 Å². The summed E-state index contributed by atoms with van der Waals surface area (Å²) < 4.78 is 21.1. The lowest BCUT2D eigenvalue weighted by Crippen LogP contribution is -1.93. The van der Waals surface area contributed by atoms with Crippen molar-refractivity contribution in [3.63, 3.8) is 0 Å². The van der Waals surface area contributed by atoms with Crippen LogP contribution in [0.1, 0.15) is 5.56 Å². The van der Waals surface area contributed by atoms with Crippen LogP contribution in [0.5, 0.6) is 5.75 Å². The summed E-state index contributed by atoms with van der Waals surface area (Å²) in [4.78, 5) is 11.7. The van der Waals surface area contributed by atoms with Crippen LogP contribution in [0, 0.1) is 0 Å². The van der Waals surface area contributed by atoms with Crippen LogP contribution in [0.3, 0.4) is 0 Å². The molecule has 0 fully saturated rings. The van der Waals surface area contributed by atoms with Gasteiger partial charge in [-0.2, -0.15) is 0 Å². The molecule has 0 radical (unpaired) electrons. The molecule has 0 aromatic heterocycles. The van der Waals surface area contributed by atoms with Gasteiger partial charge in [-0.15, -0.1) is 0 Å². The zero-order chi connectivity index (χ0) is 13.4. The second kappa shape index (κ2) is 6.83. The molecule has 0 heterocycles. The molecule has 0 saturated heterocycles. The second-order valence-corrected chi connectivity index (χ2v) is 4.87. The Kier molecular flexibility index (Phi) is 5.42. The molecular weight excluding hydrogens is 257 g/mol. The van der Waals surface area contributed by atoms with E-state index in [1.807, 2.05) is 0 Å². The minimum Gasteiger partial charge on any atom is -0.422 e. The lowest BCUT2D eigenvalue weighted by Gasteiger charge is -2.09. The van der Waals surface area contributed by atoms with Crippen LogP contribution in [0.25, 0.3) is 10.4 Å². The first-order chi connectivity index (χ1) is 8.57. The van der Waals surface area contributed by atoms with Crippen LogP contribution in [0.2, 0.25) is 0 Å². The van der Waals surface area contributed by atoms with E-state index in [4.69, 9.17) is 14.8 Å². The summed E-state index contributed by atoms with van der Waals surface area (Å²) in [5, 5.41) is 3.22. The average Bonchev–Trinajstić information content (AvgIpc) is 2.36. The van der Waals surface area contributed by atoms with Crippen molar-refractivity contribution in [1.82, 2.24) is 0 Å². The van der Waals surface area contributed by atoms with Crippen molar-refractivity contribution >= 4 is 7.60 Å². The van der Waals surface area contributed by atoms with Crippen molar-refractivity contribution in [3.05, 3.63) is 52.7 Å². The van der Waals surface area contributed by atoms with Crippen LogP contribution in [-0.4, -0.2) is 11.6 Å². The van der Waals surface area contributed by atoms with Crippen molar-refractivity contribution in [2.24, 2.45) is 5.11 Å². The van der Waals surface area contributed by atoms with Gasteiger partial charge in [-0.25, -0.2) is 4.57 Å². The average molecular weight is 269 g/mol. The Morgan fingerprint density at radius 2 is 2.17 bits per heavy atom. The highest BCUT2D eigenvalue weighted by Gasteiger charge is 2.14. The molecule has 1 rings (SSSR count). The highest BCUT2D eigenvalue weighted by molar-refractivity contribution is 7.56. The SMILES string of the molecule is C=CP(=O)(O)Oc1ccc(COCN=[N+]=[N-])cc1. The third-order valence-electron chi connectivity index (χ3n) is 1.87. The maximum Gasteiger partial charge on any atom is 0.400 e. The number of ether oxygens (including phenoxy) is 1. The molecule has 1 atom stereocenters. The highest BCUT2D eigenvalue weighted by atomic mass is 31.2. The zero-order valence-corrected chi connectivity index (χ0v) is 10.4. The Bertz CT molecular complexity index is 496. The van der Waals surface area contributed by atoms with Crippen LogP contribution >= 0.6 is 7.60 Å². The number of nitrogens with zero attached hydrogens (tertiary/aromatic N) is 3. The molecule has 0 spiro atoms. The fourth-order valence-corrected chi connectivity index (χ4v) is 1.56. The van der Waals surface area contributed by atoms with Crippen LogP contribution in [-0.2, 0) is 15.9 Å². The summed E-state index contributed by atoms with van der Waals surface area (Å²) >= 11 is 0. The first kappa shape index (κ1) is 14.3. The van der Waals surface area contributed by atoms with Crippen LogP contribution < -0.4 is 4.52 Å². The van der Waals surface area contributed by atoms with Crippen LogP contribution in [0.4, 0.5) is 0 Å². The Hall–Kier alpha value is -1.78. The fourth-order valence-electron chi connectivity index (χ4n) is 1.06. The third-order valence-corrected chi connectivity index (χ3v) is 2.81. The third kappa shape index (κ3) is 5.03. The molecule has 18 heavy (non-hydrogen) atoms. The Morgan fingerprint density at radius 3 is 2.72 bits per heavy atom.